The average molecular weight is 270 g/mol. The number of anilines is 1. The van der Waals surface area contributed by atoms with Gasteiger partial charge in [-0.2, -0.15) is 0 Å². The number of benzene rings is 2. The molecule has 104 valence electrons. The lowest BCUT2D eigenvalue weighted by Crippen LogP contribution is -2.15. The highest BCUT2D eigenvalue weighted by Gasteiger charge is 2.03. The molecule has 2 rings (SSSR count). The Morgan fingerprint density at radius 3 is 2.50 bits per heavy atom. The molecule has 0 saturated carbocycles. The van der Waals surface area contributed by atoms with Gasteiger partial charge in [-0.15, -0.1) is 0 Å². The molecule has 3 N–H and O–H groups in total. The van der Waals surface area contributed by atoms with Crippen LogP contribution < -0.4 is 15.8 Å². The molecule has 0 aliphatic rings. The van der Waals surface area contributed by atoms with E-state index in [0.29, 0.717) is 13.0 Å². The topological polar surface area (TPSA) is 64.3 Å². The third-order valence-electron chi connectivity index (χ3n) is 2.83. The summed E-state index contributed by atoms with van der Waals surface area (Å²) in [5, 5.41) is 2.77. The van der Waals surface area contributed by atoms with Crippen molar-refractivity contribution in [1.82, 2.24) is 0 Å². The minimum atomic E-state index is -0.0833. The Kier molecular flexibility index (Phi) is 4.74. The van der Waals surface area contributed by atoms with Crippen molar-refractivity contribution in [1.29, 1.82) is 0 Å². The molecule has 0 heterocycles. The summed E-state index contributed by atoms with van der Waals surface area (Å²) in [6.07, 6.45) is 0.321. The molecule has 0 saturated heterocycles. The van der Waals surface area contributed by atoms with Crippen molar-refractivity contribution in [2.24, 2.45) is 5.73 Å². The molecule has 0 bridgehead atoms. The van der Waals surface area contributed by atoms with Gasteiger partial charge in [0.05, 0.1) is 0 Å². The number of ether oxygens (including phenoxy) is 1. The second-order valence-corrected chi connectivity index (χ2v) is 4.48. The van der Waals surface area contributed by atoms with Crippen molar-refractivity contribution in [3.8, 4) is 11.5 Å². The number of hydrogen-bond acceptors (Lipinski definition) is 3. The van der Waals surface area contributed by atoms with Crippen LogP contribution in [0.15, 0.2) is 48.5 Å². The van der Waals surface area contributed by atoms with Crippen LogP contribution in [0.3, 0.4) is 0 Å². The van der Waals surface area contributed by atoms with E-state index in [1.54, 1.807) is 0 Å². The molecular weight excluding hydrogens is 252 g/mol. The van der Waals surface area contributed by atoms with E-state index in [2.05, 4.69) is 5.32 Å². The van der Waals surface area contributed by atoms with Crippen molar-refractivity contribution in [3.05, 3.63) is 54.1 Å². The van der Waals surface area contributed by atoms with Crippen LogP contribution in [0.25, 0.3) is 0 Å². The highest BCUT2D eigenvalue weighted by atomic mass is 16.5. The van der Waals surface area contributed by atoms with Crippen LogP contribution in [0.2, 0.25) is 0 Å². The summed E-state index contributed by atoms with van der Waals surface area (Å²) >= 11 is 0. The van der Waals surface area contributed by atoms with E-state index in [1.165, 1.54) is 0 Å². The van der Waals surface area contributed by atoms with Crippen LogP contribution in [0, 0.1) is 6.92 Å². The van der Waals surface area contributed by atoms with Gasteiger partial charge in [0.2, 0.25) is 5.91 Å². The van der Waals surface area contributed by atoms with Crippen molar-refractivity contribution in [3.63, 3.8) is 0 Å². The van der Waals surface area contributed by atoms with Crippen LogP contribution in [0.1, 0.15) is 12.0 Å². The van der Waals surface area contributed by atoms with Gasteiger partial charge in [0.15, 0.2) is 0 Å². The number of amides is 1. The van der Waals surface area contributed by atoms with Crippen LogP contribution in [0.5, 0.6) is 11.5 Å². The first-order valence-electron chi connectivity index (χ1n) is 6.52. The largest absolute Gasteiger partial charge is 0.457 e. The third-order valence-corrected chi connectivity index (χ3v) is 2.83. The van der Waals surface area contributed by atoms with Gasteiger partial charge < -0.3 is 15.8 Å². The zero-order chi connectivity index (χ0) is 14.4. The van der Waals surface area contributed by atoms with Gasteiger partial charge in [-0.1, -0.05) is 18.2 Å². The highest BCUT2D eigenvalue weighted by molar-refractivity contribution is 5.90. The van der Waals surface area contributed by atoms with E-state index < -0.39 is 0 Å². The number of aryl methyl sites for hydroxylation is 1. The van der Waals surface area contributed by atoms with E-state index in [0.717, 1.165) is 22.7 Å². The van der Waals surface area contributed by atoms with Gasteiger partial charge in [-0.25, -0.2) is 0 Å². The molecule has 20 heavy (non-hydrogen) atoms. The lowest BCUT2D eigenvalue weighted by molar-refractivity contribution is -0.116. The summed E-state index contributed by atoms with van der Waals surface area (Å²) < 4.78 is 5.78. The van der Waals surface area contributed by atoms with Gasteiger partial charge in [0.25, 0.3) is 0 Å². The van der Waals surface area contributed by atoms with E-state index in [9.17, 15) is 4.79 Å². The Bertz CT molecular complexity index is 579. The van der Waals surface area contributed by atoms with Gasteiger partial charge in [0, 0.05) is 18.7 Å². The molecule has 4 heteroatoms. The Morgan fingerprint density at radius 1 is 1.15 bits per heavy atom. The number of para-hydroxylation sites is 1. The molecule has 0 aromatic heterocycles. The van der Waals surface area contributed by atoms with Gasteiger partial charge in [0.1, 0.15) is 11.5 Å². The number of rotatable bonds is 5. The fourth-order valence-corrected chi connectivity index (χ4v) is 1.76. The van der Waals surface area contributed by atoms with Crippen molar-refractivity contribution < 1.29 is 9.53 Å². The molecule has 2 aromatic carbocycles. The first-order valence-corrected chi connectivity index (χ1v) is 6.52. The van der Waals surface area contributed by atoms with Gasteiger partial charge in [-0.3, -0.25) is 4.79 Å². The number of nitrogens with two attached hydrogens (primary N) is 1. The lowest BCUT2D eigenvalue weighted by atomic mass is 10.2. The molecule has 0 spiro atoms. The molecular formula is C16H18N2O2. The first-order chi connectivity index (χ1) is 9.69. The second-order valence-electron chi connectivity index (χ2n) is 4.48. The third kappa shape index (κ3) is 3.83. The standard InChI is InChI=1S/C16H18N2O2/c1-12-4-2-3-5-15(12)20-14-8-6-13(7-9-14)18-16(19)10-11-17/h2-9H,10-11,17H2,1H3,(H,18,19). The predicted molar refractivity (Wildman–Crippen MR) is 80.0 cm³/mol. The monoisotopic (exact) mass is 270 g/mol. The highest BCUT2D eigenvalue weighted by Crippen LogP contribution is 2.25. The maximum Gasteiger partial charge on any atom is 0.225 e. The van der Waals surface area contributed by atoms with E-state index in [1.807, 2.05) is 55.5 Å². The SMILES string of the molecule is Cc1ccccc1Oc1ccc(NC(=O)CCN)cc1. The minimum Gasteiger partial charge on any atom is -0.457 e. The van der Waals surface area contributed by atoms with Gasteiger partial charge >= 0.3 is 0 Å². The Morgan fingerprint density at radius 2 is 1.85 bits per heavy atom. The van der Waals surface area contributed by atoms with Gasteiger partial charge in [-0.05, 0) is 42.8 Å². The van der Waals surface area contributed by atoms with Crippen LogP contribution >= 0.6 is 0 Å². The van der Waals surface area contributed by atoms with E-state index >= 15 is 0 Å². The first kappa shape index (κ1) is 14.1. The Hall–Kier alpha value is -2.33. The summed E-state index contributed by atoms with van der Waals surface area (Å²) in [5.41, 5.74) is 7.14. The average Bonchev–Trinajstić information content (AvgIpc) is 2.44. The summed E-state index contributed by atoms with van der Waals surface area (Å²) in [5.74, 6) is 1.48. The normalized spacial score (nSPS) is 10.1. The summed E-state index contributed by atoms with van der Waals surface area (Å²) in [7, 11) is 0. The molecule has 4 nitrogen and oxygen atoms in total. The van der Waals surface area contributed by atoms with Crippen LogP contribution in [0.4, 0.5) is 5.69 Å². The second kappa shape index (κ2) is 6.73. The molecule has 0 unspecified atom stereocenters. The Balaban J connectivity index is 2.02. The molecule has 0 atom stereocenters. The van der Waals surface area contributed by atoms with Crippen LogP contribution in [-0.4, -0.2) is 12.5 Å². The molecule has 0 aliphatic carbocycles. The minimum absolute atomic E-state index is 0.0833. The zero-order valence-corrected chi connectivity index (χ0v) is 11.4. The van der Waals surface area contributed by atoms with Crippen molar-refractivity contribution in [2.75, 3.05) is 11.9 Å². The number of carbonyl (C=O) groups excluding carboxylic acids is 1. The molecule has 0 fully saturated rings. The molecule has 0 radical (unpaired) electrons. The van der Waals surface area contributed by atoms with Crippen molar-refractivity contribution >= 4 is 11.6 Å². The van der Waals surface area contributed by atoms with Crippen LogP contribution in [-0.2, 0) is 4.79 Å². The summed E-state index contributed by atoms with van der Waals surface area (Å²) in [6.45, 7) is 2.34. The fourth-order valence-electron chi connectivity index (χ4n) is 1.76. The summed E-state index contributed by atoms with van der Waals surface area (Å²) in [6, 6.07) is 15.1. The molecule has 2 aromatic rings. The quantitative estimate of drug-likeness (QED) is 0.877. The number of carbonyl (C=O) groups is 1. The fraction of sp³-hybridized carbons (Fsp3) is 0.188. The number of nitrogens with one attached hydrogen (secondary N) is 1. The summed E-state index contributed by atoms with van der Waals surface area (Å²) in [4.78, 5) is 11.4. The molecule has 0 aliphatic heterocycles. The van der Waals surface area contributed by atoms with Crippen molar-refractivity contribution in [2.45, 2.75) is 13.3 Å². The smallest absolute Gasteiger partial charge is 0.225 e. The zero-order valence-electron chi connectivity index (χ0n) is 11.4. The Labute approximate surface area is 118 Å². The number of hydrogen-bond donors (Lipinski definition) is 2. The van der Waals surface area contributed by atoms with E-state index in [4.69, 9.17) is 10.5 Å². The molecule has 1 amide bonds. The van der Waals surface area contributed by atoms with E-state index in [-0.39, 0.29) is 5.91 Å². The lowest BCUT2D eigenvalue weighted by Gasteiger charge is -2.09. The maximum atomic E-state index is 11.4. The maximum absolute atomic E-state index is 11.4. The predicted octanol–water partition coefficient (Wildman–Crippen LogP) is 3.07.